The first-order valence-corrected chi connectivity index (χ1v) is 6.10. The number of carbonyl (C=O) groups is 2. The van der Waals surface area contributed by atoms with E-state index in [0.29, 0.717) is 13.0 Å². The normalized spacial score (nSPS) is 22.7. The van der Waals surface area contributed by atoms with Crippen LogP contribution >= 0.6 is 0 Å². The molecule has 0 aliphatic carbocycles. The largest absolute Gasteiger partial charge is 0.479 e. The zero-order chi connectivity index (χ0) is 13.7. The van der Waals surface area contributed by atoms with Crippen molar-refractivity contribution < 1.29 is 19.4 Å². The molecule has 1 aromatic carbocycles. The highest BCUT2D eigenvalue weighted by molar-refractivity contribution is 6.04. The highest BCUT2D eigenvalue weighted by Gasteiger charge is 2.48. The minimum absolute atomic E-state index is 0.0659. The number of nitrogens with one attached hydrogen (secondary N) is 2. The van der Waals surface area contributed by atoms with E-state index < -0.39 is 17.5 Å². The molecule has 1 heterocycles. The average molecular weight is 264 g/mol. The van der Waals surface area contributed by atoms with Gasteiger partial charge in [-0.15, -0.1) is 0 Å². The zero-order valence-electron chi connectivity index (χ0n) is 10.4. The third kappa shape index (κ3) is 2.91. The van der Waals surface area contributed by atoms with Crippen LogP contribution < -0.4 is 10.9 Å². The van der Waals surface area contributed by atoms with Gasteiger partial charge in [0.05, 0.1) is 0 Å². The van der Waals surface area contributed by atoms with Crippen LogP contribution in [-0.4, -0.2) is 29.1 Å². The Bertz CT molecular complexity index is 455. The molecule has 0 saturated carbocycles. The third-order valence-electron chi connectivity index (χ3n) is 3.08. The maximum Gasteiger partial charge on any atom is 0.339 e. The van der Waals surface area contributed by atoms with E-state index in [4.69, 9.17) is 4.74 Å². The van der Waals surface area contributed by atoms with E-state index >= 15 is 0 Å². The Kier molecular flexibility index (Phi) is 4.13. The number of aliphatic carboxylic acids is 1. The highest BCUT2D eigenvalue weighted by Crippen LogP contribution is 2.18. The number of carbonyl (C=O) groups excluding carboxylic acids is 1. The smallest absolute Gasteiger partial charge is 0.339 e. The van der Waals surface area contributed by atoms with E-state index in [0.717, 1.165) is 5.56 Å². The van der Waals surface area contributed by atoms with Gasteiger partial charge in [0.15, 0.2) is 0 Å². The van der Waals surface area contributed by atoms with Crippen LogP contribution in [0.5, 0.6) is 0 Å². The minimum Gasteiger partial charge on any atom is -0.479 e. The Morgan fingerprint density at radius 3 is 2.63 bits per heavy atom. The fourth-order valence-electron chi connectivity index (χ4n) is 1.96. The van der Waals surface area contributed by atoms with Crippen LogP contribution in [0, 0.1) is 0 Å². The van der Waals surface area contributed by atoms with Crippen molar-refractivity contribution in [3.8, 4) is 0 Å². The second-order valence-corrected chi connectivity index (χ2v) is 4.43. The molecule has 102 valence electrons. The highest BCUT2D eigenvalue weighted by atomic mass is 16.5. The Morgan fingerprint density at radius 1 is 1.32 bits per heavy atom. The number of hydrazine groups is 1. The molecule has 6 heteroatoms. The molecule has 1 aliphatic rings. The van der Waals surface area contributed by atoms with Crippen molar-refractivity contribution in [3.05, 3.63) is 35.9 Å². The first kappa shape index (κ1) is 13.5. The Balaban J connectivity index is 2.02. The van der Waals surface area contributed by atoms with E-state index in [1.54, 1.807) is 0 Å². The maximum absolute atomic E-state index is 12.0. The van der Waals surface area contributed by atoms with Crippen LogP contribution in [-0.2, 0) is 20.9 Å². The van der Waals surface area contributed by atoms with Gasteiger partial charge in [-0.2, -0.15) is 0 Å². The quantitative estimate of drug-likeness (QED) is 0.540. The van der Waals surface area contributed by atoms with Gasteiger partial charge < -0.3 is 9.84 Å². The molecule has 1 aromatic rings. The summed E-state index contributed by atoms with van der Waals surface area (Å²) in [5.41, 5.74) is 4.38. The van der Waals surface area contributed by atoms with E-state index in [9.17, 15) is 14.7 Å². The van der Waals surface area contributed by atoms with Crippen molar-refractivity contribution >= 4 is 11.9 Å². The second-order valence-electron chi connectivity index (χ2n) is 4.43. The molecule has 2 rings (SSSR count). The summed E-state index contributed by atoms with van der Waals surface area (Å²) >= 11 is 0. The molecule has 0 bridgehead atoms. The van der Waals surface area contributed by atoms with Crippen molar-refractivity contribution in [2.75, 3.05) is 6.54 Å². The van der Waals surface area contributed by atoms with Crippen LogP contribution in [0.4, 0.5) is 0 Å². The van der Waals surface area contributed by atoms with Gasteiger partial charge >= 0.3 is 11.9 Å². The summed E-state index contributed by atoms with van der Waals surface area (Å²) in [6, 6.07) is 9.14. The lowest BCUT2D eigenvalue weighted by Gasteiger charge is -2.32. The monoisotopic (exact) mass is 264 g/mol. The van der Waals surface area contributed by atoms with Gasteiger partial charge in [0.1, 0.15) is 6.61 Å². The second kappa shape index (κ2) is 5.81. The number of esters is 1. The molecule has 0 amide bonds. The molecule has 0 unspecified atom stereocenters. The SMILES string of the molecule is O=C(O)[C@]1(C(=O)OCc2ccccc2)CCCNN1. The summed E-state index contributed by atoms with van der Waals surface area (Å²) in [7, 11) is 0. The molecule has 1 atom stereocenters. The third-order valence-corrected chi connectivity index (χ3v) is 3.08. The number of hydrogen-bond acceptors (Lipinski definition) is 5. The predicted molar refractivity (Wildman–Crippen MR) is 67.0 cm³/mol. The van der Waals surface area contributed by atoms with Gasteiger partial charge in [0, 0.05) is 6.54 Å². The number of rotatable bonds is 4. The average Bonchev–Trinajstić information content (AvgIpc) is 2.46. The number of ether oxygens (including phenoxy) is 1. The van der Waals surface area contributed by atoms with Gasteiger partial charge in [-0.05, 0) is 18.4 Å². The van der Waals surface area contributed by atoms with Crippen LogP contribution in [0.2, 0.25) is 0 Å². The Labute approximate surface area is 110 Å². The van der Waals surface area contributed by atoms with Gasteiger partial charge in [-0.3, -0.25) is 5.43 Å². The molecule has 0 aromatic heterocycles. The molecular formula is C13H16N2O4. The molecule has 1 fully saturated rings. The van der Waals surface area contributed by atoms with Crippen molar-refractivity contribution in [1.29, 1.82) is 0 Å². The van der Waals surface area contributed by atoms with Gasteiger partial charge in [0.25, 0.3) is 0 Å². The fourth-order valence-corrected chi connectivity index (χ4v) is 1.96. The van der Waals surface area contributed by atoms with Crippen molar-refractivity contribution in [2.45, 2.75) is 25.0 Å². The number of hydrogen-bond donors (Lipinski definition) is 3. The molecule has 19 heavy (non-hydrogen) atoms. The van der Waals surface area contributed by atoms with Gasteiger partial charge in [0.2, 0.25) is 5.54 Å². The topological polar surface area (TPSA) is 87.7 Å². The minimum atomic E-state index is -1.69. The molecule has 0 radical (unpaired) electrons. The van der Waals surface area contributed by atoms with Gasteiger partial charge in [-0.25, -0.2) is 15.0 Å². The Hall–Kier alpha value is -1.92. The van der Waals surface area contributed by atoms with Crippen LogP contribution in [0.1, 0.15) is 18.4 Å². The van der Waals surface area contributed by atoms with Crippen molar-refractivity contribution in [1.82, 2.24) is 10.9 Å². The molecule has 1 saturated heterocycles. The number of carboxylic acid groups (broad SMARTS) is 1. The summed E-state index contributed by atoms with van der Waals surface area (Å²) in [5.74, 6) is -1.99. The van der Waals surface area contributed by atoms with Crippen LogP contribution in [0.3, 0.4) is 0 Å². The summed E-state index contributed by atoms with van der Waals surface area (Å²) < 4.78 is 5.11. The first-order chi connectivity index (χ1) is 9.15. The lowest BCUT2D eigenvalue weighted by Crippen LogP contribution is -2.66. The molecule has 3 N–H and O–H groups in total. The summed E-state index contributed by atoms with van der Waals surface area (Å²) in [5, 5.41) is 9.25. The summed E-state index contributed by atoms with van der Waals surface area (Å²) in [6.45, 7) is 0.692. The van der Waals surface area contributed by atoms with Crippen LogP contribution in [0.25, 0.3) is 0 Å². The molecular weight excluding hydrogens is 248 g/mol. The fraction of sp³-hybridized carbons (Fsp3) is 0.385. The molecule has 0 spiro atoms. The van der Waals surface area contributed by atoms with Crippen molar-refractivity contribution in [3.63, 3.8) is 0 Å². The number of benzene rings is 1. The summed E-state index contributed by atoms with van der Waals surface area (Å²) in [4.78, 5) is 23.4. The number of carboxylic acids is 1. The first-order valence-electron chi connectivity index (χ1n) is 6.10. The van der Waals surface area contributed by atoms with Crippen molar-refractivity contribution in [2.24, 2.45) is 0 Å². The van der Waals surface area contributed by atoms with Gasteiger partial charge in [-0.1, -0.05) is 30.3 Å². The van der Waals surface area contributed by atoms with E-state index in [1.807, 2.05) is 30.3 Å². The summed E-state index contributed by atoms with van der Waals surface area (Å²) in [6.07, 6.45) is 0.808. The maximum atomic E-state index is 12.0. The van der Waals surface area contributed by atoms with Crippen LogP contribution in [0.15, 0.2) is 30.3 Å². The lowest BCUT2D eigenvalue weighted by atomic mass is 9.93. The zero-order valence-corrected chi connectivity index (χ0v) is 10.4. The lowest BCUT2D eigenvalue weighted by molar-refractivity contribution is -0.166. The van der Waals surface area contributed by atoms with E-state index in [-0.39, 0.29) is 13.0 Å². The predicted octanol–water partition coefficient (Wildman–Crippen LogP) is 0.441. The Morgan fingerprint density at radius 2 is 2.05 bits per heavy atom. The molecule has 1 aliphatic heterocycles. The molecule has 6 nitrogen and oxygen atoms in total. The van der Waals surface area contributed by atoms with E-state index in [1.165, 1.54) is 0 Å². The standard InChI is InChI=1S/C13H16N2O4/c16-11(17)13(7-4-8-14-15-13)12(18)19-9-10-5-2-1-3-6-10/h1-3,5-6,14-15H,4,7-9H2,(H,16,17)/t13-/m0/s1. The van der Waals surface area contributed by atoms with E-state index in [2.05, 4.69) is 10.9 Å².